The standard InChI is InChI=1S/C20H24NO4P/c1-11(22)21-16-8-5-12-9-17(23-2)19(24-3)20(25-4)18(12)14-7-6-13(26)10-15(14)16/h6-7,9-10,16H,5,8,26H2,1-4H3,(H,21,22)/t16-/m0/s1. The van der Waals surface area contributed by atoms with Gasteiger partial charge in [0.25, 0.3) is 0 Å². The molecule has 0 spiro atoms. The number of nitrogens with one attached hydrogen (secondary N) is 1. The number of carbonyl (C=O) groups excluding carboxylic acids is 1. The lowest BCUT2D eigenvalue weighted by Crippen LogP contribution is -2.26. The zero-order chi connectivity index (χ0) is 18.8. The smallest absolute Gasteiger partial charge is 0.217 e. The minimum atomic E-state index is -0.0582. The molecule has 1 amide bonds. The first-order chi connectivity index (χ1) is 12.5. The summed E-state index contributed by atoms with van der Waals surface area (Å²) in [6, 6.07) is 8.17. The van der Waals surface area contributed by atoms with Crippen molar-refractivity contribution in [2.24, 2.45) is 0 Å². The first-order valence-corrected chi connectivity index (χ1v) is 9.06. The SMILES string of the molecule is COc1cc2c(c(OC)c1OC)-c1ccc(P)cc1[C@@H](NC(C)=O)CC2. The highest BCUT2D eigenvalue weighted by molar-refractivity contribution is 7.27. The first kappa shape index (κ1) is 18.5. The van der Waals surface area contributed by atoms with Crippen molar-refractivity contribution in [1.82, 2.24) is 5.32 Å². The van der Waals surface area contributed by atoms with E-state index in [2.05, 4.69) is 26.7 Å². The average Bonchev–Trinajstić information content (AvgIpc) is 2.76. The van der Waals surface area contributed by atoms with Gasteiger partial charge in [0.2, 0.25) is 11.7 Å². The molecule has 1 aliphatic rings. The average molecular weight is 373 g/mol. The van der Waals surface area contributed by atoms with Gasteiger partial charge in [-0.05, 0) is 47.0 Å². The minimum absolute atomic E-state index is 0.0387. The number of ether oxygens (including phenoxy) is 3. The van der Waals surface area contributed by atoms with E-state index in [0.717, 1.165) is 40.4 Å². The van der Waals surface area contributed by atoms with Crippen LogP contribution in [0.1, 0.15) is 30.5 Å². The molecule has 138 valence electrons. The number of hydrogen-bond acceptors (Lipinski definition) is 4. The third-order valence-electron chi connectivity index (χ3n) is 4.71. The molecule has 1 unspecified atom stereocenters. The predicted octanol–water partition coefficient (Wildman–Crippen LogP) is 3.00. The van der Waals surface area contributed by atoms with E-state index in [1.165, 1.54) is 0 Å². The van der Waals surface area contributed by atoms with Gasteiger partial charge in [-0.15, -0.1) is 9.24 Å². The van der Waals surface area contributed by atoms with Gasteiger partial charge in [-0.3, -0.25) is 4.79 Å². The van der Waals surface area contributed by atoms with Gasteiger partial charge in [-0.1, -0.05) is 12.1 Å². The topological polar surface area (TPSA) is 56.8 Å². The lowest BCUT2D eigenvalue weighted by molar-refractivity contribution is -0.119. The summed E-state index contributed by atoms with van der Waals surface area (Å²) in [5.41, 5.74) is 4.24. The van der Waals surface area contributed by atoms with Crippen LogP contribution in [0.3, 0.4) is 0 Å². The number of aryl methyl sites for hydroxylation is 1. The molecule has 0 fully saturated rings. The molecule has 0 saturated heterocycles. The molecule has 5 nitrogen and oxygen atoms in total. The molecule has 2 aromatic rings. The van der Waals surface area contributed by atoms with Crippen LogP contribution in [0.2, 0.25) is 0 Å². The van der Waals surface area contributed by atoms with E-state index in [1.807, 2.05) is 12.1 Å². The second-order valence-electron chi connectivity index (χ2n) is 6.32. The summed E-state index contributed by atoms with van der Waals surface area (Å²) in [5.74, 6) is 1.84. The van der Waals surface area contributed by atoms with Gasteiger partial charge < -0.3 is 19.5 Å². The minimum Gasteiger partial charge on any atom is -0.493 e. The van der Waals surface area contributed by atoms with E-state index in [0.29, 0.717) is 17.2 Å². The molecule has 2 aromatic carbocycles. The first-order valence-electron chi connectivity index (χ1n) is 8.48. The number of methoxy groups -OCH3 is 3. The summed E-state index contributed by atoms with van der Waals surface area (Å²) in [6.07, 6.45) is 1.59. The van der Waals surface area contributed by atoms with E-state index < -0.39 is 0 Å². The number of carbonyl (C=O) groups is 1. The summed E-state index contributed by atoms with van der Waals surface area (Å²) in [4.78, 5) is 11.7. The molecule has 0 bridgehead atoms. The molecule has 0 heterocycles. The Morgan fingerprint density at radius 1 is 1.12 bits per heavy atom. The van der Waals surface area contributed by atoms with Crippen LogP contribution < -0.4 is 24.8 Å². The zero-order valence-electron chi connectivity index (χ0n) is 15.5. The third-order valence-corrected chi connectivity index (χ3v) is 5.07. The maximum Gasteiger partial charge on any atom is 0.217 e. The van der Waals surface area contributed by atoms with Crippen LogP contribution in [-0.2, 0) is 11.2 Å². The molecular weight excluding hydrogens is 349 g/mol. The fourth-order valence-electron chi connectivity index (χ4n) is 3.65. The van der Waals surface area contributed by atoms with Gasteiger partial charge in [0, 0.05) is 12.5 Å². The van der Waals surface area contributed by atoms with Gasteiger partial charge >= 0.3 is 0 Å². The van der Waals surface area contributed by atoms with Gasteiger partial charge in [-0.25, -0.2) is 0 Å². The van der Waals surface area contributed by atoms with Crippen molar-refractivity contribution in [2.45, 2.75) is 25.8 Å². The Morgan fingerprint density at radius 3 is 2.46 bits per heavy atom. The molecule has 0 aliphatic heterocycles. The van der Waals surface area contributed by atoms with Crippen LogP contribution in [-0.4, -0.2) is 27.2 Å². The molecule has 1 N–H and O–H groups in total. The van der Waals surface area contributed by atoms with Crippen LogP contribution >= 0.6 is 9.24 Å². The normalized spacial score (nSPS) is 15.3. The summed E-state index contributed by atoms with van der Waals surface area (Å²) in [6.45, 7) is 1.55. The fraction of sp³-hybridized carbons (Fsp3) is 0.350. The highest BCUT2D eigenvalue weighted by Gasteiger charge is 2.29. The van der Waals surface area contributed by atoms with Gasteiger partial charge in [0.1, 0.15) is 0 Å². The highest BCUT2D eigenvalue weighted by Crippen LogP contribution is 2.50. The van der Waals surface area contributed by atoms with Crippen LogP contribution in [0, 0.1) is 0 Å². The Balaban J connectivity index is 2.31. The summed E-state index contributed by atoms with van der Waals surface area (Å²) < 4.78 is 16.8. The molecule has 0 aromatic heterocycles. The lowest BCUT2D eigenvalue weighted by atomic mass is 9.94. The molecule has 1 aliphatic carbocycles. The predicted molar refractivity (Wildman–Crippen MR) is 106 cm³/mol. The molecule has 2 atom stereocenters. The van der Waals surface area contributed by atoms with Crippen LogP contribution in [0.15, 0.2) is 24.3 Å². The Labute approximate surface area is 156 Å². The van der Waals surface area contributed by atoms with Crippen molar-refractivity contribution in [3.63, 3.8) is 0 Å². The maximum atomic E-state index is 11.7. The van der Waals surface area contributed by atoms with E-state index in [4.69, 9.17) is 14.2 Å². The Morgan fingerprint density at radius 2 is 1.85 bits per heavy atom. The largest absolute Gasteiger partial charge is 0.493 e. The number of hydrogen-bond donors (Lipinski definition) is 1. The van der Waals surface area contributed by atoms with Crippen LogP contribution in [0.4, 0.5) is 0 Å². The van der Waals surface area contributed by atoms with Crippen LogP contribution in [0.25, 0.3) is 11.1 Å². The molecule has 6 heteroatoms. The van der Waals surface area contributed by atoms with E-state index in [-0.39, 0.29) is 11.9 Å². The third kappa shape index (κ3) is 3.24. The van der Waals surface area contributed by atoms with Crippen molar-refractivity contribution < 1.29 is 19.0 Å². The second-order valence-corrected chi connectivity index (χ2v) is 6.98. The summed E-state index contributed by atoms with van der Waals surface area (Å²) in [7, 11) is 7.58. The Bertz CT molecular complexity index is 850. The van der Waals surface area contributed by atoms with Gasteiger partial charge in [0.15, 0.2) is 11.5 Å². The maximum absolute atomic E-state index is 11.7. The molecule has 0 saturated carbocycles. The van der Waals surface area contributed by atoms with Crippen molar-refractivity contribution >= 4 is 20.5 Å². The summed E-state index contributed by atoms with van der Waals surface area (Å²) >= 11 is 0. The van der Waals surface area contributed by atoms with Crippen LogP contribution in [0.5, 0.6) is 17.2 Å². The van der Waals surface area contributed by atoms with Gasteiger partial charge in [-0.2, -0.15) is 0 Å². The number of amides is 1. The van der Waals surface area contributed by atoms with E-state index in [1.54, 1.807) is 28.3 Å². The fourth-order valence-corrected chi connectivity index (χ4v) is 3.92. The van der Waals surface area contributed by atoms with Crippen molar-refractivity contribution in [3.8, 4) is 28.4 Å². The lowest BCUT2D eigenvalue weighted by Gasteiger charge is -2.21. The number of rotatable bonds is 4. The second kappa shape index (κ2) is 7.55. The Kier molecular flexibility index (Phi) is 5.38. The van der Waals surface area contributed by atoms with E-state index in [9.17, 15) is 4.79 Å². The van der Waals surface area contributed by atoms with Gasteiger partial charge in [0.05, 0.1) is 27.4 Å². The summed E-state index contributed by atoms with van der Waals surface area (Å²) in [5, 5.41) is 4.15. The number of fused-ring (bicyclic) bond motifs is 3. The van der Waals surface area contributed by atoms with E-state index >= 15 is 0 Å². The van der Waals surface area contributed by atoms with Crippen molar-refractivity contribution in [3.05, 3.63) is 35.4 Å². The molecule has 0 radical (unpaired) electrons. The molecular formula is C20H24NO4P. The van der Waals surface area contributed by atoms with Crippen molar-refractivity contribution in [1.29, 1.82) is 0 Å². The number of benzene rings is 2. The quantitative estimate of drug-likeness (QED) is 0.837. The Hall–Kier alpha value is -2.26. The monoisotopic (exact) mass is 373 g/mol. The van der Waals surface area contributed by atoms with Crippen molar-refractivity contribution in [2.75, 3.05) is 21.3 Å². The zero-order valence-corrected chi connectivity index (χ0v) is 16.7. The highest BCUT2D eigenvalue weighted by atomic mass is 31.0. The molecule has 3 rings (SSSR count). The molecule has 26 heavy (non-hydrogen) atoms.